The first-order chi connectivity index (χ1) is 17.2. The van der Waals surface area contributed by atoms with Gasteiger partial charge < -0.3 is 11.5 Å². The SMILES string of the molecule is CS(=O)(=O)O.CS(=O)(=O)O.Cc1ccccc1-c1ccccc1N.Nc1ccccc1-c1[c-]cccc1.[Pd+2].[Pd]. The Morgan fingerprint density at radius 3 is 1.36 bits per heavy atom. The number of rotatable bonds is 2. The summed E-state index contributed by atoms with van der Waals surface area (Å²) in [6, 6.07) is 35.0. The Morgan fingerprint density at radius 2 is 0.974 bits per heavy atom. The molecule has 0 amide bonds. The van der Waals surface area contributed by atoms with Crippen LogP contribution in [0, 0.1) is 13.0 Å². The van der Waals surface area contributed by atoms with Crippen LogP contribution in [0.1, 0.15) is 5.56 Å². The number of nitrogens with two attached hydrogens (primary N) is 2. The molecule has 8 nitrogen and oxygen atoms in total. The molecule has 12 heteroatoms. The molecule has 0 radical (unpaired) electrons. The van der Waals surface area contributed by atoms with Crippen molar-refractivity contribution in [3.63, 3.8) is 0 Å². The van der Waals surface area contributed by atoms with E-state index in [2.05, 4.69) is 31.2 Å². The van der Waals surface area contributed by atoms with E-state index in [0.717, 1.165) is 28.1 Å². The number of para-hydroxylation sites is 2. The van der Waals surface area contributed by atoms with Crippen LogP contribution < -0.4 is 11.5 Å². The summed E-state index contributed by atoms with van der Waals surface area (Å²) >= 11 is 0. The maximum atomic E-state index is 9.19. The second-order valence-electron chi connectivity index (χ2n) is 7.73. The first-order valence-corrected chi connectivity index (χ1v) is 14.4. The minimum atomic E-state index is -3.67. The zero-order valence-corrected chi connectivity index (χ0v) is 26.1. The number of aryl methyl sites for hydroxylation is 1. The molecule has 39 heavy (non-hydrogen) atoms. The monoisotopic (exact) mass is 755 g/mol. The molecule has 0 saturated heterocycles. The van der Waals surface area contributed by atoms with Crippen LogP contribution >= 0.6 is 0 Å². The summed E-state index contributed by atoms with van der Waals surface area (Å²) in [7, 11) is -7.33. The third kappa shape index (κ3) is 18.5. The van der Waals surface area contributed by atoms with E-state index in [1.807, 2.05) is 78.9 Å². The Morgan fingerprint density at radius 1 is 0.615 bits per heavy atom. The van der Waals surface area contributed by atoms with Crippen LogP contribution in [0.25, 0.3) is 22.3 Å². The quantitative estimate of drug-likeness (QED) is 0.0965. The van der Waals surface area contributed by atoms with Crippen molar-refractivity contribution < 1.29 is 66.8 Å². The summed E-state index contributed by atoms with van der Waals surface area (Å²) in [5, 5.41) is 0. The molecule has 0 fully saturated rings. The van der Waals surface area contributed by atoms with Crippen LogP contribution in [0.15, 0.2) is 97.1 Å². The fourth-order valence-electron chi connectivity index (χ4n) is 2.92. The fraction of sp³-hybridized carbons (Fsp3) is 0.111. The Labute approximate surface area is 258 Å². The first-order valence-electron chi connectivity index (χ1n) is 10.7. The van der Waals surface area contributed by atoms with Gasteiger partial charge in [-0.2, -0.15) is 16.8 Å². The number of hydrogen-bond acceptors (Lipinski definition) is 6. The van der Waals surface area contributed by atoms with Gasteiger partial charge >= 0.3 is 20.4 Å². The topological polar surface area (TPSA) is 161 Å². The van der Waals surface area contributed by atoms with Gasteiger partial charge in [0.05, 0.1) is 12.5 Å². The van der Waals surface area contributed by atoms with Crippen LogP contribution in [0.3, 0.4) is 0 Å². The van der Waals surface area contributed by atoms with Crippen LogP contribution in [-0.2, 0) is 61.1 Å². The van der Waals surface area contributed by atoms with Gasteiger partial charge in [-0.15, -0.1) is 35.9 Å². The minimum Gasteiger partial charge on any atom is -0.406 e. The van der Waals surface area contributed by atoms with Crippen molar-refractivity contribution in [2.24, 2.45) is 0 Å². The zero-order valence-electron chi connectivity index (χ0n) is 21.4. The maximum absolute atomic E-state index is 9.19. The van der Waals surface area contributed by atoms with E-state index < -0.39 is 20.2 Å². The van der Waals surface area contributed by atoms with Crippen molar-refractivity contribution in [1.29, 1.82) is 0 Å². The molecule has 0 atom stereocenters. The third-order valence-electron chi connectivity index (χ3n) is 4.36. The second kappa shape index (κ2) is 18.8. The van der Waals surface area contributed by atoms with Crippen LogP contribution in [0.5, 0.6) is 0 Å². The van der Waals surface area contributed by atoms with Gasteiger partial charge in [-0.3, -0.25) is 9.11 Å². The summed E-state index contributed by atoms with van der Waals surface area (Å²) in [5.74, 6) is 0. The Kier molecular flexibility index (Phi) is 18.7. The smallest absolute Gasteiger partial charge is 0.406 e. The van der Waals surface area contributed by atoms with Gasteiger partial charge in [0.15, 0.2) is 0 Å². The van der Waals surface area contributed by atoms with Gasteiger partial charge in [-0.25, -0.2) is 0 Å². The molecule has 0 bridgehead atoms. The van der Waals surface area contributed by atoms with Crippen molar-refractivity contribution in [2.45, 2.75) is 6.92 Å². The van der Waals surface area contributed by atoms with Gasteiger partial charge in [-0.1, -0.05) is 66.2 Å². The van der Waals surface area contributed by atoms with Crippen molar-refractivity contribution in [3.8, 4) is 22.3 Å². The van der Waals surface area contributed by atoms with Crippen molar-refractivity contribution in [3.05, 3.63) is 109 Å². The van der Waals surface area contributed by atoms with Gasteiger partial charge in [0.2, 0.25) is 0 Å². The molecular formula is C27H31N2O6Pd2S2+. The van der Waals surface area contributed by atoms with Crippen molar-refractivity contribution in [1.82, 2.24) is 0 Å². The van der Waals surface area contributed by atoms with E-state index in [4.69, 9.17) is 20.6 Å². The average Bonchev–Trinajstić information content (AvgIpc) is 2.79. The molecule has 0 heterocycles. The minimum absolute atomic E-state index is 0. The van der Waals surface area contributed by atoms with E-state index >= 15 is 0 Å². The molecule has 0 unspecified atom stereocenters. The van der Waals surface area contributed by atoms with Crippen LogP contribution in [0.2, 0.25) is 0 Å². The molecule has 0 aliphatic carbocycles. The molecule has 0 aliphatic rings. The third-order valence-corrected chi connectivity index (χ3v) is 4.36. The summed E-state index contributed by atoms with van der Waals surface area (Å²) < 4.78 is 51.7. The van der Waals surface area contributed by atoms with Gasteiger partial charge in [0, 0.05) is 31.7 Å². The Balaban J connectivity index is 0. The van der Waals surface area contributed by atoms with E-state index in [9.17, 15) is 16.8 Å². The van der Waals surface area contributed by atoms with E-state index in [1.54, 1.807) is 0 Å². The average molecular weight is 757 g/mol. The van der Waals surface area contributed by atoms with Gasteiger partial charge in [-0.05, 0) is 35.9 Å². The number of benzene rings is 4. The Bertz CT molecular complexity index is 1400. The fourth-order valence-corrected chi connectivity index (χ4v) is 2.92. The predicted octanol–water partition coefficient (Wildman–Crippen LogP) is 4.98. The molecular weight excluding hydrogens is 725 g/mol. The summed E-state index contributed by atoms with van der Waals surface area (Å²) in [6.45, 7) is 2.10. The Hall–Kier alpha value is -2.38. The van der Waals surface area contributed by atoms with Gasteiger partial charge in [0.1, 0.15) is 0 Å². The summed E-state index contributed by atoms with van der Waals surface area (Å²) in [5.41, 5.74) is 19.1. The van der Waals surface area contributed by atoms with Crippen molar-refractivity contribution in [2.75, 3.05) is 24.0 Å². The molecule has 6 N–H and O–H groups in total. The molecule has 0 saturated carbocycles. The van der Waals surface area contributed by atoms with Crippen LogP contribution in [0.4, 0.5) is 11.4 Å². The normalized spacial score (nSPS) is 9.87. The standard InChI is InChI=1S/C13H13N.C12H10N.2CH4O3S.2Pd/c1-10-6-2-3-7-11(10)12-8-4-5-9-13(12)14;13-12-9-5-4-8-11(12)10-6-2-1-3-7-10;2*1-5(2,3)4;;/h2-9H,14H2,1H3;1-6,8-9H,13H2;2*1H3,(H,2,3,4);;/q;-1;;;;+2. The van der Waals surface area contributed by atoms with Gasteiger partial charge in [0.25, 0.3) is 20.2 Å². The largest absolute Gasteiger partial charge is 2.00 e. The van der Waals surface area contributed by atoms with E-state index in [0.29, 0.717) is 12.5 Å². The number of anilines is 2. The zero-order chi connectivity index (χ0) is 28.1. The molecule has 4 aromatic carbocycles. The predicted molar refractivity (Wildman–Crippen MR) is 151 cm³/mol. The molecule has 4 rings (SSSR count). The first kappa shape index (κ1) is 38.8. The second-order valence-corrected chi connectivity index (χ2v) is 10.7. The molecule has 0 aromatic heterocycles. The number of hydrogen-bond donors (Lipinski definition) is 4. The number of nitrogen functional groups attached to an aromatic ring is 2. The summed E-state index contributed by atoms with van der Waals surface area (Å²) in [6.07, 6.45) is 1.43. The molecule has 4 aromatic rings. The molecule has 0 aliphatic heterocycles. The maximum Gasteiger partial charge on any atom is 2.00 e. The van der Waals surface area contributed by atoms with E-state index in [-0.39, 0.29) is 40.8 Å². The molecule has 0 spiro atoms. The van der Waals surface area contributed by atoms with E-state index in [1.165, 1.54) is 11.1 Å². The van der Waals surface area contributed by atoms with Crippen molar-refractivity contribution >= 4 is 31.6 Å². The van der Waals surface area contributed by atoms with Crippen LogP contribution in [-0.4, -0.2) is 38.5 Å². The molecule has 216 valence electrons. The summed E-state index contributed by atoms with van der Waals surface area (Å²) in [4.78, 5) is 0.